The summed E-state index contributed by atoms with van der Waals surface area (Å²) in [7, 11) is 0. The first kappa shape index (κ1) is 12.4. The summed E-state index contributed by atoms with van der Waals surface area (Å²) in [5, 5.41) is 9.52. The van der Waals surface area contributed by atoms with Crippen molar-refractivity contribution >= 4 is 11.8 Å². The quantitative estimate of drug-likeness (QED) is 0.572. The Kier molecular flexibility index (Phi) is 2.54. The smallest absolute Gasteiger partial charge is 0.334 e. The van der Waals surface area contributed by atoms with Crippen molar-refractivity contribution in [2.75, 3.05) is 6.61 Å². The van der Waals surface area contributed by atoms with Crippen LogP contribution in [-0.4, -0.2) is 29.1 Å². The van der Waals surface area contributed by atoms with E-state index in [-0.39, 0.29) is 18.3 Å². The van der Waals surface area contributed by atoms with Gasteiger partial charge in [-0.3, -0.25) is 4.79 Å². The van der Waals surface area contributed by atoms with Crippen molar-refractivity contribution in [2.24, 2.45) is 5.92 Å². The molecule has 3 rings (SSSR count). The predicted octanol–water partition coefficient (Wildman–Crippen LogP) is 1.46. The van der Waals surface area contributed by atoms with Crippen LogP contribution in [0.2, 0.25) is 0 Å². The monoisotopic (exact) mass is 260 g/mol. The molecule has 1 saturated heterocycles. The third-order valence-corrected chi connectivity index (χ3v) is 4.53. The van der Waals surface area contributed by atoms with Gasteiger partial charge in [-0.2, -0.15) is 0 Å². The fraction of sp³-hybridized carbons (Fsp3) is 0.467. The van der Waals surface area contributed by atoms with Gasteiger partial charge in [0.15, 0.2) is 11.4 Å². The van der Waals surface area contributed by atoms with Crippen molar-refractivity contribution in [3.05, 3.63) is 34.9 Å². The van der Waals surface area contributed by atoms with E-state index in [2.05, 4.69) is 6.58 Å². The molecule has 0 aromatic heterocycles. The molecular formula is C15H16O4. The summed E-state index contributed by atoms with van der Waals surface area (Å²) >= 11 is 0. The second-order valence-electron chi connectivity index (χ2n) is 5.51. The highest BCUT2D eigenvalue weighted by Crippen LogP contribution is 2.51. The van der Waals surface area contributed by atoms with Crippen LogP contribution in [0.1, 0.15) is 26.2 Å². The van der Waals surface area contributed by atoms with E-state index in [1.807, 2.05) is 6.92 Å². The van der Waals surface area contributed by atoms with E-state index in [1.165, 1.54) is 6.08 Å². The SMILES string of the molecule is C=C1C(=O)O[C@]23C[C@@H]1CCC(CO)=C2C(=O)C=C3C. The third-order valence-electron chi connectivity index (χ3n) is 4.53. The van der Waals surface area contributed by atoms with Crippen LogP contribution in [0.3, 0.4) is 0 Å². The van der Waals surface area contributed by atoms with E-state index in [9.17, 15) is 14.7 Å². The second kappa shape index (κ2) is 3.90. The molecule has 0 aromatic rings. The molecule has 0 aromatic carbocycles. The Bertz CT molecular complexity index is 567. The highest BCUT2D eigenvalue weighted by Gasteiger charge is 2.54. The van der Waals surface area contributed by atoms with Gasteiger partial charge in [-0.25, -0.2) is 4.79 Å². The molecule has 0 saturated carbocycles. The lowest BCUT2D eigenvalue weighted by Gasteiger charge is -2.39. The molecule has 2 atom stereocenters. The van der Waals surface area contributed by atoms with Gasteiger partial charge in [-0.05, 0) is 42.9 Å². The number of fused-ring (bicyclic) bond motifs is 1. The summed E-state index contributed by atoms with van der Waals surface area (Å²) in [5.41, 5.74) is 1.47. The number of aliphatic hydroxyl groups excluding tert-OH is 1. The van der Waals surface area contributed by atoms with Gasteiger partial charge in [0.1, 0.15) is 0 Å². The lowest BCUT2D eigenvalue weighted by atomic mass is 9.78. The summed E-state index contributed by atoms with van der Waals surface area (Å²) in [6.45, 7) is 5.45. The number of ketones is 1. The number of carbonyl (C=O) groups excluding carboxylic acids is 2. The van der Waals surface area contributed by atoms with Crippen LogP contribution in [0.25, 0.3) is 0 Å². The molecule has 1 spiro atoms. The van der Waals surface area contributed by atoms with Gasteiger partial charge in [-0.15, -0.1) is 0 Å². The standard InChI is InChI=1S/C15H16O4/c1-8-5-12(17)13-11(7-16)4-3-10-6-15(8,13)19-14(18)9(10)2/h5,10,16H,2-4,6-7H2,1H3/t10-,15-/m0/s1. The van der Waals surface area contributed by atoms with Crippen molar-refractivity contribution < 1.29 is 19.4 Å². The molecule has 4 heteroatoms. The molecule has 2 bridgehead atoms. The second-order valence-corrected chi connectivity index (χ2v) is 5.51. The molecular weight excluding hydrogens is 244 g/mol. The Morgan fingerprint density at radius 1 is 1.53 bits per heavy atom. The fourth-order valence-corrected chi connectivity index (χ4v) is 3.45. The van der Waals surface area contributed by atoms with E-state index in [4.69, 9.17) is 4.74 Å². The lowest BCUT2D eigenvalue weighted by Crippen LogP contribution is -2.44. The average molecular weight is 260 g/mol. The minimum atomic E-state index is -0.950. The van der Waals surface area contributed by atoms with Crippen LogP contribution < -0.4 is 0 Å². The number of aliphatic hydroxyl groups is 1. The highest BCUT2D eigenvalue weighted by atomic mass is 16.6. The molecule has 1 aliphatic heterocycles. The van der Waals surface area contributed by atoms with Crippen LogP contribution in [0.4, 0.5) is 0 Å². The predicted molar refractivity (Wildman–Crippen MR) is 68.2 cm³/mol. The first-order valence-electron chi connectivity index (χ1n) is 6.48. The number of carbonyl (C=O) groups is 2. The van der Waals surface area contributed by atoms with Crippen molar-refractivity contribution in [1.29, 1.82) is 0 Å². The number of allylic oxidation sites excluding steroid dienone is 1. The Balaban J connectivity index is 2.21. The van der Waals surface area contributed by atoms with E-state index in [0.29, 0.717) is 29.6 Å². The Morgan fingerprint density at radius 2 is 2.26 bits per heavy atom. The van der Waals surface area contributed by atoms with Crippen LogP contribution in [0, 0.1) is 5.92 Å². The van der Waals surface area contributed by atoms with Gasteiger partial charge in [-0.1, -0.05) is 6.58 Å². The zero-order valence-corrected chi connectivity index (χ0v) is 10.9. The molecule has 3 aliphatic rings. The van der Waals surface area contributed by atoms with Gasteiger partial charge in [0.2, 0.25) is 0 Å². The minimum Gasteiger partial charge on any atom is -0.446 e. The van der Waals surface area contributed by atoms with E-state index in [1.54, 1.807) is 0 Å². The van der Waals surface area contributed by atoms with Gasteiger partial charge >= 0.3 is 5.97 Å². The summed E-state index contributed by atoms with van der Waals surface area (Å²) in [6.07, 6.45) is 3.44. The Hall–Kier alpha value is -1.68. The summed E-state index contributed by atoms with van der Waals surface area (Å²) in [5.74, 6) is -0.535. The van der Waals surface area contributed by atoms with Crippen molar-refractivity contribution in [2.45, 2.75) is 31.8 Å². The topological polar surface area (TPSA) is 63.6 Å². The van der Waals surface area contributed by atoms with E-state index in [0.717, 1.165) is 12.0 Å². The van der Waals surface area contributed by atoms with Crippen LogP contribution >= 0.6 is 0 Å². The highest BCUT2D eigenvalue weighted by molar-refractivity contribution is 6.11. The molecule has 1 fully saturated rings. The van der Waals surface area contributed by atoms with Gasteiger partial charge in [0.05, 0.1) is 6.61 Å². The summed E-state index contributed by atoms with van der Waals surface area (Å²) in [4.78, 5) is 24.2. The molecule has 0 unspecified atom stereocenters. The van der Waals surface area contributed by atoms with Gasteiger partial charge in [0, 0.05) is 17.6 Å². The normalized spacial score (nSPS) is 33.9. The largest absolute Gasteiger partial charge is 0.446 e. The number of esters is 1. The molecule has 19 heavy (non-hydrogen) atoms. The lowest BCUT2D eigenvalue weighted by molar-refractivity contribution is -0.154. The number of ether oxygens (including phenoxy) is 1. The van der Waals surface area contributed by atoms with Crippen molar-refractivity contribution in [3.63, 3.8) is 0 Å². The van der Waals surface area contributed by atoms with Gasteiger partial charge in [0.25, 0.3) is 0 Å². The molecule has 0 amide bonds. The number of hydrogen-bond acceptors (Lipinski definition) is 4. The molecule has 1 heterocycles. The average Bonchev–Trinajstić information content (AvgIpc) is 2.54. The molecule has 4 nitrogen and oxygen atoms in total. The Labute approximate surface area is 111 Å². The van der Waals surface area contributed by atoms with Crippen molar-refractivity contribution in [3.8, 4) is 0 Å². The van der Waals surface area contributed by atoms with Crippen LogP contribution in [-0.2, 0) is 14.3 Å². The summed E-state index contributed by atoms with van der Waals surface area (Å²) in [6, 6.07) is 0. The maximum atomic E-state index is 12.2. The zero-order chi connectivity index (χ0) is 13.8. The number of hydrogen-bond donors (Lipinski definition) is 1. The molecule has 0 radical (unpaired) electrons. The van der Waals surface area contributed by atoms with Crippen LogP contribution in [0.15, 0.2) is 34.9 Å². The van der Waals surface area contributed by atoms with E-state index >= 15 is 0 Å². The van der Waals surface area contributed by atoms with Crippen LogP contribution in [0.5, 0.6) is 0 Å². The zero-order valence-electron chi connectivity index (χ0n) is 10.9. The minimum absolute atomic E-state index is 0.0227. The molecule has 2 aliphatic carbocycles. The Morgan fingerprint density at radius 3 is 2.95 bits per heavy atom. The third kappa shape index (κ3) is 1.49. The molecule has 100 valence electrons. The maximum absolute atomic E-state index is 12.2. The first-order valence-corrected chi connectivity index (χ1v) is 6.48. The van der Waals surface area contributed by atoms with Crippen molar-refractivity contribution in [1.82, 2.24) is 0 Å². The van der Waals surface area contributed by atoms with E-state index < -0.39 is 11.6 Å². The molecule has 1 N–H and O–H groups in total. The maximum Gasteiger partial charge on any atom is 0.334 e. The first-order chi connectivity index (χ1) is 8.99. The number of rotatable bonds is 1. The van der Waals surface area contributed by atoms with Gasteiger partial charge < -0.3 is 9.84 Å². The fourth-order valence-electron chi connectivity index (χ4n) is 3.45. The summed E-state index contributed by atoms with van der Waals surface area (Å²) < 4.78 is 5.58.